The van der Waals surface area contributed by atoms with Crippen LogP contribution < -0.4 is 5.32 Å². The fourth-order valence-electron chi connectivity index (χ4n) is 2.05. The first-order valence-corrected chi connectivity index (χ1v) is 6.76. The van der Waals surface area contributed by atoms with Crippen molar-refractivity contribution in [2.45, 2.75) is 33.4 Å². The van der Waals surface area contributed by atoms with Crippen molar-refractivity contribution in [1.82, 2.24) is 20.1 Å². The van der Waals surface area contributed by atoms with Gasteiger partial charge in [0.05, 0.1) is 6.54 Å². The van der Waals surface area contributed by atoms with Crippen LogP contribution in [0.25, 0.3) is 0 Å². The van der Waals surface area contributed by atoms with Crippen LogP contribution in [0, 0.1) is 5.92 Å². The fourth-order valence-corrected chi connectivity index (χ4v) is 2.05. The number of aryl methyl sites for hydroxylation is 1. The average Bonchev–Trinajstić information content (AvgIpc) is 2.77. The highest BCUT2D eigenvalue weighted by molar-refractivity contribution is 5.22. The van der Waals surface area contributed by atoms with Gasteiger partial charge in [-0.2, -0.15) is 0 Å². The smallest absolute Gasteiger partial charge is 0.146 e. The largest absolute Gasteiger partial charge is 0.320 e. The Labute approximate surface area is 114 Å². The molecule has 0 spiro atoms. The summed E-state index contributed by atoms with van der Waals surface area (Å²) in [6, 6.07) is 8.83. The third-order valence-corrected chi connectivity index (χ3v) is 3.08. The van der Waals surface area contributed by atoms with E-state index in [4.69, 9.17) is 0 Å². The zero-order valence-corrected chi connectivity index (χ0v) is 11.9. The van der Waals surface area contributed by atoms with Gasteiger partial charge in [0.2, 0.25) is 0 Å². The molecule has 4 heteroatoms. The topological polar surface area (TPSA) is 42.7 Å². The molecule has 0 aliphatic heterocycles. The normalized spacial score (nSPS) is 11.2. The highest BCUT2D eigenvalue weighted by Gasteiger charge is 2.01. The zero-order valence-electron chi connectivity index (χ0n) is 11.9. The molecule has 0 unspecified atom stereocenters. The lowest BCUT2D eigenvalue weighted by Crippen LogP contribution is -2.15. The molecule has 0 aliphatic rings. The third kappa shape index (κ3) is 4.17. The van der Waals surface area contributed by atoms with Crippen LogP contribution in [0.1, 0.15) is 30.8 Å². The van der Waals surface area contributed by atoms with Crippen molar-refractivity contribution in [1.29, 1.82) is 0 Å². The van der Waals surface area contributed by atoms with E-state index in [1.807, 2.05) is 11.6 Å². The van der Waals surface area contributed by atoms with E-state index in [1.54, 1.807) is 6.33 Å². The van der Waals surface area contributed by atoms with Crippen LogP contribution in [0.15, 0.2) is 30.6 Å². The second-order valence-electron chi connectivity index (χ2n) is 5.38. The lowest BCUT2D eigenvalue weighted by Gasteiger charge is -2.07. The quantitative estimate of drug-likeness (QED) is 0.864. The van der Waals surface area contributed by atoms with Gasteiger partial charge in [0.25, 0.3) is 0 Å². The Morgan fingerprint density at radius 2 is 1.79 bits per heavy atom. The van der Waals surface area contributed by atoms with Gasteiger partial charge >= 0.3 is 0 Å². The molecule has 0 aliphatic carbocycles. The Morgan fingerprint density at radius 3 is 2.37 bits per heavy atom. The summed E-state index contributed by atoms with van der Waals surface area (Å²) >= 11 is 0. The van der Waals surface area contributed by atoms with E-state index in [1.165, 1.54) is 11.1 Å². The van der Waals surface area contributed by atoms with E-state index >= 15 is 0 Å². The standard InChI is InChI=1S/C15H22N4/c1-12(2)8-13-4-6-14(7-5-13)9-16-10-15-18-17-11-19(15)3/h4-7,11-12,16H,8-10H2,1-3H3. The molecule has 0 atom stereocenters. The third-order valence-electron chi connectivity index (χ3n) is 3.08. The molecule has 0 radical (unpaired) electrons. The Hall–Kier alpha value is -1.68. The molecule has 1 aromatic carbocycles. The first-order valence-electron chi connectivity index (χ1n) is 6.76. The van der Waals surface area contributed by atoms with E-state index in [2.05, 4.69) is 53.6 Å². The molecule has 102 valence electrons. The predicted molar refractivity (Wildman–Crippen MR) is 76.5 cm³/mol. The molecule has 0 fully saturated rings. The number of benzene rings is 1. The molecular formula is C15H22N4. The van der Waals surface area contributed by atoms with Gasteiger partial charge in [-0.1, -0.05) is 38.1 Å². The van der Waals surface area contributed by atoms with Crippen molar-refractivity contribution in [3.63, 3.8) is 0 Å². The SMILES string of the molecule is CC(C)Cc1ccc(CNCc2nncn2C)cc1. The Kier molecular flexibility index (Phi) is 4.68. The van der Waals surface area contributed by atoms with Crippen molar-refractivity contribution >= 4 is 0 Å². The first-order chi connectivity index (χ1) is 9.15. The number of nitrogens with zero attached hydrogens (tertiary/aromatic N) is 3. The summed E-state index contributed by atoms with van der Waals surface area (Å²) in [5, 5.41) is 11.3. The summed E-state index contributed by atoms with van der Waals surface area (Å²) in [6.07, 6.45) is 2.87. The highest BCUT2D eigenvalue weighted by Crippen LogP contribution is 2.09. The predicted octanol–water partition coefficient (Wildman–Crippen LogP) is 2.30. The van der Waals surface area contributed by atoms with Crippen molar-refractivity contribution in [3.05, 3.63) is 47.5 Å². The Bertz CT molecular complexity index is 499. The van der Waals surface area contributed by atoms with Crippen molar-refractivity contribution in [3.8, 4) is 0 Å². The highest BCUT2D eigenvalue weighted by atomic mass is 15.3. The molecule has 2 aromatic rings. The van der Waals surface area contributed by atoms with Crippen LogP contribution in [0.2, 0.25) is 0 Å². The number of nitrogens with one attached hydrogen (secondary N) is 1. The molecule has 1 heterocycles. The Morgan fingerprint density at radius 1 is 1.11 bits per heavy atom. The monoisotopic (exact) mass is 258 g/mol. The number of hydrogen-bond acceptors (Lipinski definition) is 3. The van der Waals surface area contributed by atoms with Gasteiger partial charge in [-0.25, -0.2) is 0 Å². The van der Waals surface area contributed by atoms with Gasteiger partial charge in [0.1, 0.15) is 12.2 Å². The van der Waals surface area contributed by atoms with E-state index in [0.717, 1.165) is 25.3 Å². The van der Waals surface area contributed by atoms with Crippen molar-refractivity contribution in [2.75, 3.05) is 0 Å². The Balaban J connectivity index is 1.81. The second-order valence-corrected chi connectivity index (χ2v) is 5.38. The van der Waals surface area contributed by atoms with Gasteiger partial charge in [-0.05, 0) is 23.5 Å². The molecule has 1 aromatic heterocycles. The van der Waals surface area contributed by atoms with E-state index in [9.17, 15) is 0 Å². The van der Waals surface area contributed by atoms with Gasteiger partial charge in [0.15, 0.2) is 0 Å². The summed E-state index contributed by atoms with van der Waals surface area (Å²) in [7, 11) is 1.96. The van der Waals surface area contributed by atoms with Crippen LogP contribution in [-0.2, 0) is 26.6 Å². The van der Waals surface area contributed by atoms with E-state index in [0.29, 0.717) is 5.92 Å². The fraction of sp³-hybridized carbons (Fsp3) is 0.467. The average molecular weight is 258 g/mol. The molecule has 0 saturated heterocycles. The van der Waals surface area contributed by atoms with Crippen molar-refractivity contribution in [2.24, 2.45) is 13.0 Å². The molecule has 2 rings (SSSR count). The van der Waals surface area contributed by atoms with Crippen LogP contribution in [-0.4, -0.2) is 14.8 Å². The molecule has 0 bridgehead atoms. The maximum Gasteiger partial charge on any atom is 0.146 e. The maximum atomic E-state index is 4.04. The van der Waals surface area contributed by atoms with Gasteiger partial charge in [-0.15, -0.1) is 10.2 Å². The molecule has 1 N–H and O–H groups in total. The second kappa shape index (κ2) is 6.48. The summed E-state index contributed by atoms with van der Waals surface area (Å²) in [5.74, 6) is 1.66. The summed E-state index contributed by atoms with van der Waals surface area (Å²) < 4.78 is 1.93. The summed E-state index contributed by atoms with van der Waals surface area (Å²) in [6.45, 7) is 6.09. The summed E-state index contributed by atoms with van der Waals surface area (Å²) in [5.41, 5.74) is 2.71. The molecule has 0 amide bonds. The van der Waals surface area contributed by atoms with E-state index < -0.39 is 0 Å². The molecule has 4 nitrogen and oxygen atoms in total. The molecule has 19 heavy (non-hydrogen) atoms. The van der Waals surface area contributed by atoms with Crippen LogP contribution in [0.4, 0.5) is 0 Å². The van der Waals surface area contributed by atoms with E-state index in [-0.39, 0.29) is 0 Å². The van der Waals surface area contributed by atoms with Gasteiger partial charge < -0.3 is 9.88 Å². The molecule has 0 saturated carbocycles. The minimum atomic E-state index is 0.708. The van der Waals surface area contributed by atoms with Crippen LogP contribution in [0.5, 0.6) is 0 Å². The minimum absolute atomic E-state index is 0.708. The van der Waals surface area contributed by atoms with Crippen LogP contribution in [0.3, 0.4) is 0 Å². The lowest BCUT2D eigenvalue weighted by molar-refractivity contribution is 0.634. The minimum Gasteiger partial charge on any atom is -0.320 e. The molecular weight excluding hydrogens is 236 g/mol. The zero-order chi connectivity index (χ0) is 13.7. The number of aromatic nitrogens is 3. The van der Waals surface area contributed by atoms with Crippen molar-refractivity contribution < 1.29 is 0 Å². The number of rotatable bonds is 6. The maximum absolute atomic E-state index is 4.04. The number of hydrogen-bond donors (Lipinski definition) is 1. The van der Waals surface area contributed by atoms with Gasteiger partial charge in [-0.3, -0.25) is 0 Å². The van der Waals surface area contributed by atoms with Gasteiger partial charge in [0, 0.05) is 13.6 Å². The first kappa shape index (κ1) is 13.7. The summed E-state index contributed by atoms with van der Waals surface area (Å²) in [4.78, 5) is 0. The van der Waals surface area contributed by atoms with Crippen LogP contribution >= 0.6 is 0 Å². The lowest BCUT2D eigenvalue weighted by atomic mass is 10.0.